The molecule has 0 spiro atoms. The number of ether oxygens (including phenoxy) is 1. The van der Waals surface area contributed by atoms with E-state index in [1.165, 1.54) is 167 Å². The topological polar surface area (TPSA) is 95.9 Å². The number of amides is 1. The van der Waals surface area contributed by atoms with E-state index in [4.69, 9.17) is 4.74 Å². The molecule has 64 heavy (non-hydrogen) atoms. The first-order valence-corrected chi connectivity index (χ1v) is 27.9. The average molecular weight is 898 g/mol. The van der Waals surface area contributed by atoms with Gasteiger partial charge in [-0.15, -0.1) is 0 Å². The first kappa shape index (κ1) is 61.8. The molecule has 0 aliphatic rings. The Morgan fingerprint density at radius 2 is 0.797 bits per heavy atom. The lowest BCUT2D eigenvalue weighted by atomic mass is 10.0. The number of carbonyl (C=O) groups is 2. The molecule has 0 saturated carbocycles. The van der Waals surface area contributed by atoms with E-state index < -0.39 is 18.2 Å². The molecule has 3 atom stereocenters. The quantitative estimate of drug-likeness (QED) is 0.0321. The van der Waals surface area contributed by atoms with Crippen LogP contribution in [0.4, 0.5) is 0 Å². The molecule has 0 aliphatic carbocycles. The molecule has 374 valence electrons. The normalized spacial score (nSPS) is 13.5. The highest BCUT2D eigenvalue weighted by molar-refractivity contribution is 5.77. The Balaban J connectivity index is 4.59. The van der Waals surface area contributed by atoms with Crippen molar-refractivity contribution in [2.24, 2.45) is 0 Å². The van der Waals surface area contributed by atoms with Crippen molar-refractivity contribution in [2.75, 3.05) is 6.61 Å². The van der Waals surface area contributed by atoms with Gasteiger partial charge in [-0.05, 0) is 51.4 Å². The zero-order valence-electron chi connectivity index (χ0n) is 42.7. The molecule has 6 nitrogen and oxygen atoms in total. The van der Waals surface area contributed by atoms with Crippen molar-refractivity contribution in [1.82, 2.24) is 5.32 Å². The molecule has 0 aromatic carbocycles. The molecule has 6 heteroatoms. The fourth-order valence-electron chi connectivity index (χ4n) is 8.50. The summed E-state index contributed by atoms with van der Waals surface area (Å²) in [6.07, 6.45) is 63.1. The van der Waals surface area contributed by atoms with E-state index in [0.29, 0.717) is 19.3 Å². The van der Waals surface area contributed by atoms with Gasteiger partial charge in [0.05, 0.1) is 25.2 Å². The Hall–Kier alpha value is -2.18. The van der Waals surface area contributed by atoms with Crippen LogP contribution in [-0.4, -0.2) is 46.9 Å². The van der Waals surface area contributed by atoms with Crippen LogP contribution >= 0.6 is 0 Å². The molecule has 0 fully saturated rings. The third kappa shape index (κ3) is 46.4. The van der Waals surface area contributed by atoms with Crippen molar-refractivity contribution in [2.45, 2.75) is 302 Å². The lowest BCUT2D eigenvalue weighted by molar-refractivity contribution is -0.151. The molecule has 1 amide bonds. The van der Waals surface area contributed by atoms with E-state index in [9.17, 15) is 19.8 Å². The number of aliphatic hydroxyl groups is 2. The Kier molecular flexibility index (Phi) is 50.0. The molecule has 3 unspecified atom stereocenters. The summed E-state index contributed by atoms with van der Waals surface area (Å²) in [6.45, 7) is 6.46. The summed E-state index contributed by atoms with van der Waals surface area (Å²) in [7, 11) is 0. The number of allylic oxidation sites excluding steroid dienone is 8. The third-order valence-corrected chi connectivity index (χ3v) is 12.8. The van der Waals surface area contributed by atoms with E-state index in [1.807, 2.05) is 0 Å². The van der Waals surface area contributed by atoms with Gasteiger partial charge in [-0.25, -0.2) is 0 Å². The highest BCUT2D eigenvalue weighted by Gasteiger charge is 2.24. The molecule has 0 bridgehead atoms. The summed E-state index contributed by atoms with van der Waals surface area (Å²) in [4.78, 5) is 26.2. The second-order valence-electron chi connectivity index (χ2n) is 19.1. The molecule has 0 rings (SSSR count). The summed E-state index contributed by atoms with van der Waals surface area (Å²) >= 11 is 0. The number of esters is 1. The van der Waals surface area contributed by atoms with Crippen molar-refractivity contribution in [3.63, 3.8) is 0 Å². The average Bonchev–Trinajstić information content (AvgIpc) is 3.29. The monoisotopic (exact) mass is 898 g/mol. The van der Waals surface area contributed by atoms with Crippen LogP contribution in [0.1, 0.15) is 284 Å². The predicted molar refractivity (Wildman–Crippen MR) is 278 cm³/mol. The Labute approximate surface area is 397 Å². The smallest absolute Gasteiger partial charge is 0.306 e. The van der Waals surface area contributed by atoms with Crippen LogP contribution in [0, 0.1) is 0 Å². The Bertz CT molecular complexity index is 1100. The van der Waals surface area contributed by atoms with Gasteiger partial charge < -0.3 is 20.3 Å². The molecule has 0 aliphatic heterocycles. The van der Waals surface area contributed by atoms with Crippen molar-refractivity contribution < 1.29 is 24.5 Å². The Morgan fingerprint density at radius 1 is 0.453 bits per heavy atom. The summed E-state index contributed by atoms with van der Waals surface area (Å²) in [5.74, 6) is -0.502. The van der Waals surface area contributed by atoms with Crippen LogP contribution in [0.2, 0.25) is 0 Å². The lowest BCUT2D eigenvalue weighted by Gasteiger charge is -2.24. The molecule has 3 N–H and O–H groups in total. The minimum absolute atomic E-state index is 0.0542. The van der Waals surface area contributed by atoms with E-state index in [0.717, 1.165) is 70.6 Å². The predicted octanol–water partition coefficient (Wildman–Crippen LogP) is 17.0. The van der Waals surface area contributed by atoms with E-state index in [1.54, 1.807) is 0 Å². The molecule has 0 radical (unpaired) electrons. The molecule has 0 aromatic heterocycles. The summed E-state index contributed by atoms with van der Waals surface area (Å²) < 4.78 is 5.93. The lowest BCUT2D eigenvalue weighted by Crippen LogP contribution is -2.46. The number of hydrogen-bond donors (Lipinski definition) is 3. The van der Waals surface area contributed by atoms with Gasteiger partial charge in [0.25, 0.3) is 0 Å². The van der Waals surface area contributed by atoms with Gasteiger partial charge >= 0.3 is 5.97 Å². The maximum atomic E-state index is 13.2. The van der Waals surface area contributed by atoms with E-state index in [-0.39, 0.29) is 24.9 Å². The van der Waals surface area contributed by atoms with Gasteiger partial charge in [0, 0.05) is 6.42 Å². The fraction of sp³-hybridized carbons (Fsp3) is 0.828. The summed E-state index contributed by atoms with van der Waals surface area (Å²) in [5, 5.41) is 23.9. The van der Waals surface area contributed by atoms with Gasteiger partial charge in [-0.3, -0.25) is 9.59 Å². The highest BCUT2D eigenvalue weighted by Crippen LogP contribution is 2.18. The first-order chi connectivity index (χ1) is 31.5. The molecular formula is C58H107NO5. The molecule has 0 heterocycles. The van der Waals surface area contributed by atoms with Crippen molar-refractivity contribution >= 4 is 11.9 Å². The van der Waals surface area contributed by atoms with Crippen LogP contribution < -0.4 is 5.32 Å². The van der Waals surface area contributed by atoms with Crippen molar-refractivity contribution in [3.8, 4) is 0 Å². The van der Waals surface area contributed by atoms with Crippen molar-refractivity contribution in [1.29, 1.82) is 0 Å². The van der Waals surface area contributed by atoms with Crippen LogP contribution in [0.15, 0.2) is 48.6 Å². The number of rotatable bonds is 50. The standard InChI is InChI=1S/C58H107NO5/c1-4-7-10-13-16-19-22-25-27-29-31-33-35-38-41-44-47-50-56(61)55(53-60)59-57(62)52-54(64-58(63)51-48-45-42-39-36-24-21-18-15-12-9-6-3)49-46-43-40-37-34-32-30-28-26-23-20-17-14-11-8-5-2/h17,20,23,26,28,30,32,34,54-56,60-61H,4-16,18-19,21-22,24-25,27,29,31,33,35-53H2,1-3H3,(H,59,62)/b20-17+,26-23+,30-28+,34-32+. The minimum Gasteiger partial charge on any atom is -0.462 e. The number of nitrogens with one attached hydrogen (secondary N) is 1. The van der Waals surface area contributed by atoms with Crippen LogP contribution in [0.25, 0.3) is 0 Å². The molecular weight excluding hydrogens is 791 g/mol. The fourth-order valence-corrected chi connectivity index (χ4v) is 8.50. The second kappa shape index (κ2) is 51.8. The van der Waals surface area contributed by atoms with Gasteiger partial charge in [0.1, 0.15) is 6.10 Å². The van der Waals surface area contributed by atoms with Gasteiger partial charge in [-0.2, -0.15) is 0 Å². The first-order valence-electron chi connectivity index (χ1n) is 27.9. The van der Waals surface area contributed by atoms with Gasteiger partial charge in [-0.1, -0.05) is 268 Å². The third-order valence-electron chi connectivity index (χ3n) is 12.8. The molecule has 0 saturated heterocycles. The number of aliphatic hydroxyl groups excluding tert-OH is 2. The summed E-state index contributed by atoms with van der Waals surface area (Å²) in [5.41, 5.74) is 0. The number of unbranched alkanes of at least 4 members (excludes halogenated alkanes) is 33. The largest absolute Gasteiger partial charge is 0.462 e. The second-order valence-corrected chi connectivity index (χ2v) is 19.1. The van der Waals surface area contributed by atoms with Gasteiger partial charge in [0.15, 0.2) is 0 Å². The van der Waals surface area contributed by atoms with Crippen LogP contribution in [0.5, 0.6) is 0 Å². The van der Waals surface area contributed by atoms with Gasteiger partial charge in [0.2, 0.25) is 5.91 Å². The van der Waals surface area contributed by atoms with E-state index in [2.05, 4.69) is 74.7 Å². The Morgan fingerprint density at radius 3 is 1.23 bits per heavy atom. The molecule has 0 aromatic rings. The van der Waals surface area contributed by atoms with Crippen LogP contribution in [-0.2, 0) is 14.3 Å². The number of carbonyl (C=O) groups excluding carboxylic acids is 2. The maximum Gasteiger partial charge on any atom is 0.306 e. The maximum absolute atomic E-state index is 13.2. The minimum atomic E-state index is -0.798. The summed E-state index contributed by atoms with van der Waals surface area (Å²) in [6, 6.07) is -0.714. The SMILES string of the molecule is CCCCC/C=C/C=C/C=C/C=C/CCCCCC(CC(=O)NC(CO)C(O)CCCCCCCCCCCCCCCCCCC)OC(=O)CCCCCCCCCCCCCC. The highest BCUT2D eigenvalue weighted by atomic mass is 16.5. The van der Waals surface area contributed by atoms with E-state index >= 15 is 0 Å². The van der Waals surface area contributed by atoms with Crippen molar-refractivity contribution in [3.05, 3.63) is 48.6 Å². The van der Waals surface area contributed by atoms with Crippen LogP contribution in [0.3, 0.4) is 0 Å². The number of hydrogen-bond acceptors (Lipinski definition) is 5. The zero-order valence-corrected chi connectivity index (χ0v) is 42.7. The zero-order chi connectivity index (χ0) is 46.7.